The molecule has 4 heterocycles. The van der Waals surface area contributed by atoms with Gasteiger partial charge in [-0.15, -0.1) is 22.7 Å². The summed E-state index contributed by atoms with van der Waals surface area (Å²) < 4.78 is 0. The van der Waals surface area contributed by atoms with Crippen LogP contribution in [0.5, 0.6) is 0 Å². The van der Waals surface area contributed by atoms with Crippen molar-refractivity contribution in [2.75, 3.05) is 19.8 Å². The van der Waals surface area contributed by atoms with Crippen molar-refractivity contribution in [2.24, 2.45) is 0 Å². The van der Waals surface area contributed by atoms with Crippen molar-refractivity contribution < 1.29 is 14.4 Å². The van der Waals surface area contributed by atoms with Crippen LogP contribution in [0.25, 0.3) is 0 Å². The van der Waals surface area contributed by atoms with Crippen molar-refractivity contribution in [1.82, 2.24) is 14.7 Å². The van der Waals surface area contributed by atoms with Crippen molar-refractivity contribution in [3.05, 3.63) is 44.3 Å². The summed E-state index contributed by atoms with van der Waals surface area (Å²) >= 11 is 3.41. The lowest BCUT2D eigenvalue weighted by molar-refractivity contribution is -0.144. The van der Waals surface area contributed by atoms with Crippen molar-refractivity contribution in [3.63, 3.8) is 0 Å². The molecule has 130 valence electrons. The van der Waals surface area contributed by atoms with E-state index in [9.17, 15) is 14.4 Å². The Kier molecular flexibility index (Phi) is 4.18. The van der Waals surface area contributed by atoms with Crippen LogP contribution in [0, 0.1) is 0 Å². The molecule has 1 atom stereocenters. The Bertz CT molecular complexity index is 830. The van der Waals surface area contributed by atoms with Crippen LogP contribution < -0.4 is 0 Å². The number of carbonyl (C=O) groups is 3. The van der Waals surface area contributed by atoms with E-state index in [1.165, 1.54) is 15.3 Å². The van der Waals surface area contributed by atoms with Gasteiger partial charge in [0.05, 0.1) is 12.7 Å². The molecule has 0 saturated carbocycles. The van der Waals surface area contributed by atoms with Crippen LogP contribution in [0.2, 0.25) is 0 Å². The second-order valence-electron chi connectivity index (χ2n) is 5.99. The van der Waals surface area contributed by atoms with Crippen LogP contribution in [0.3, 0.4) is 0 Å². The number of imide groups is 2. The largest absolute Gasteiger partial charge is 0.335 e. The Labute approximate surface area is 153 Å². The zero-order valence-corrected chi connectivity index (χ0v) is 15.3. The molecule has 2 aromatic rings. The van der Waals surface area contributed by atoms with Crippen molar-refractivity contribution in [2.45, 2.75) is 19.4 Å². The second kappa shape index (κ2) is 6.36. The number of hydrogen-bond acceptors (Lipinski definition) is 6. The number of urea groups is 1. The predicted molar refractivity (Wildman–Crippen MR) is 95.4 cm³/mol. The summed E-state index contributed by atoms with van der Waals surface area (Å²) in [5.41, 5.74) is 1.23. The highest BCUT2D eigenvalue weighted by molar-refractivity contribution is 7.10. The van der Waals surface area contributed by atoms with E-state index in [4.69, 9.17) is 0 Å². The third kappa shape index (κ3) is 2.61. The van der Waals surface area contributed by atoms with Gasteiger partial charge in [0.2, 0.25) is 0 Å². The molecule has 0 unspecified atom stereocenters. The summed E-state index contributed by atoms with van der Waals surface area (Å²) in [6.07, 6.45) is 0.885. The molecule has 0 aromatic carbocycles. The van der Waals surface area contributed by atoms with Crippen LogP contribution in [0.1, 0.15) is 28.3 Å². The first-order valence-corrected chi connectivity index (χ1v) is 9.88. The van der Waals surface area contributed by atoms with Gasteiger partial charge in [-0.1, -0.05) is 6.07 Å². The SMILES string of the molecule is CCN1C(=O)C(=O)N(CN2CCc3sccc3[C@H]2c2cccs2)C1=O. The quantitative estimate of drug-likeness (QED) is 0.609. The minimum absolute atomic E-state index is 0.0152. The first kappa shape index (κ1) is 16.4. The topological polar surface area (TPSA) is 60.9 Å². The molecule has 25 heavy (non-hydrogen) atoms. The Hall–Kier alpha value is -2.03. The highest BCUT2D eigenvalue weighted by Gasteiger charge is 2.45. The lowest BCUT2D eigenvalue weighted by Crippen LogP contribution is -2.46. The Morgan fingerprint density at radius 1 is 1.08 bits per heavy atom. The maximum atomic E-state index is 12.4. The lowest BCUT2D eigenvalue weighted by atomic mass is 9.99. The van der Waals surface area contributed by atoms with E-state index in [1.54, 1.807) is 29.6 Å². The molecule has 1 fully saturated rings. The molecule has 2 aliphatic rings. The van der Waals surface area contributed by atoms with E-state index < -0.39 is 17.8 Å². The number of carbonyl (C=O) groups excluding carboxylic acids is 3. The third-order valence-electron chi connectivity index (χ3n) is 4.65. The van der Waals surface area contributed by atoms with E-state index in [0.29, 0.717) is 0 Å². The molecule has 6 nitrogen and oxygen atoms in total. The van der Waals surface area contributed by atoms with Gasteiger partial charge < -0.3 is 0 Å². The second-order valence-corrected chi connectivity index (χ2v) is 7.97. The monoisotopic (exact) mass is 375 g/mol. The summed E-state index contributed by atoms with van der Waals surface area (Å²) in [4.78, 5) is 43.3. The summed E-state index contributed by atoms with van der Waals surface area (Å²) in [5.74, 6) is -1.46. The molecule has 8 heteroatoms. The zero-order valence-electron chi connectivity index (χ0n) is 13.7. The van der Waals surface area contributed by atoms with Crippen molar-refractivity contribution in [3.8, 4) is 0 Å². The van der Waals surface area contributed by atoms with E-state index in [-0.39, 0.29) is 19.3 Å². The van der Waals surface area contributed by atoms with E-state index >= 15 is 0 Å². The average molecular weight is 375 g/mol. The van der Waals surface area contributed by atoms with Gasteiger partial charge in [-0.25, -0.2) is 9.69 Å². The van der Waals surface area contributed by atoms with Crippen LogP contribution in [-0.2, 0) is 16.0 Å². The molecule has 0 N–H and O–H groups in total. The molecule has 2 aromatic heterocycles. The molecule has 0 radical (unpaired) electrons. The minimum Gasteiger partial charge on any atom is -0.273 e. The van der Waals surface area contributed by atoms with E-state index in [1.807, 2.05) is 11.4 Å². The number of likely N-dealkylation sites (N-methyl/N-ethyl adjacent to an activating group) is 1. The van der Waals surface area contributed by atoms with Gasteiger partial charge in [-0.3, -0.25) is 19.4 Å². The fourth-order valence-electron chi connectivity index (χ4n) is 3.44. The first-order valence-electron chi connectivity index (χ1n) is 8.12. The van der Waals surface area contributed by atoms with E-state index in [0.717, 1.165) is 22.8 Å². The minimum atomic E-state index is -0.729. The fourth-order valence-corrected chi connectivity index (χ4v) is 5.22. The first-order chi connectivity index (χ1) is 12.1. The van der Waals surface area contributed by atoms with Gasteiger partial charge in [0, 0.05) is 22.8 Å². The Morgan fingerprint density at radius 2 is 1.88 bits per heavy atom. The maximum absolute atomic E-state index is 12.4. The molecule has 0 spiro atoms. The number of thiophene rings is 2. The molecule has 4 amide bonds. The third-order valence-corrected chi connectivity index (χ3v) is 6.57. The lowest BCUT2D eigenvalue weighted by Gasteiger charge is -2.36. The van der Waals surface area contributed by atoms with Gasteiger partial charge in [-0.2, -0.15) is 0 Å². The highest BCUT2D eigenvalue weighted by Crippen LogP contribution is 2.39. The van der Waals surface area contributed by atoms with Crippen LogP contribution >= 0.6 is 22.7 Å². The average Bonchev–Trinajstić information content (AvgIpc) is 3.33. The molecule has 0 bridgehead atoms. The number of amides is 4. The van der Waals surface area contributed by atoms with Gasteiger partial charge in [-0.05, 0) is 41.8 Å². The molecule has 0 aliphatic carbocycles. The fraction of sp³-hybridized carbons (Fsp3) is 0.353. The molecular weight excluding hydrogens is 358 g/mol. The number of rotatable bonds is 4. The standard InChI is InChI=1S/C17H17N3O3S2/c1-2-19-15(21)16(22)20(17(19)23)10-18-7-5-12-11(6-9-25-12)14(18)13-4-3-8-24-13/h3-4,6,8-9,14H,2,5,7,10H2,1H3/t14-/m0/s1. The van der Waals surface area contributed by atoms with Gasteiger partial charge in [0.15, 0.2) is 0 Å². The molecular formula is C17H17N3O3S2. The smallest absolute Gasteiger partial charge is 0.273 e. The highest BCUT2D eigenvalue weighted by atomic mass is 32.1. The molecule has 1 saturated heterocycles. The molecule has 4 rings (SSSR count). The Balaban J connectivity index is 1.65. The van der Waals surface area contributed by atoms with Crippen molar-refractivity contribution >= 4 is 40.5 Å². The number of fused-ring (bicyclic) bond motifs is 1. The normalized spacial score (nSPS) is 21.3. The number of nitrogens with zero attached hydrogens (tertiary/aromatic N) is 3. The maximum Gasteiger partial charge on any atom is 0.335 e. The summed E-state index contributed by atoms with van der Waals surface area (Å²) in [6, 6.07) is 5.70. The number of hydrogen-bond donors (Lipinski definition) is 0. The summed E-state index contributed by atoms with van der Waals surface area (Å²) in [5, 5.41) is 4.12. The summed E-state index contributed by atoms with van der Waals surface area (Å²) in [7, 11) is 0. The Morgan fingerprint density at radius 3 is 2.56 bits per heavy atom. The summed E-state index contributed by atoms with van der Waals surface area (Å²) in [6.45, 7) is 2.79. The van der Waals surface area contributed by atoms with Crippen molar-refractivity contribution in [1.29, 1.82) is 0 Å². The predicted octanol–water partition coefficient (Wildman–Crippen LogP) is 2.53. The molecule has 2 aliphatic heterocycles. The van der Waals surface area contributed by atoms with E-state index in [2.05, 4.69) is 22.4 Å². The van der Waals surface area contributed by atoms with Crippen LogP contribution in [-0.4, -0.2) is 52.3 Å². The zero-order chi connectivity index (χ0) is 17.6. The van der Waals surface area contributed by atoms with Crippen LogP contribution in [0.4, 0.5) is 4.79 Å². The van der Waals surface area contributed by atoms with Gasteiger partial charge in [0.1, 0.15) is 0 Å². The van der Waals surface area contributed by atoms with Gasteiger partial charge >= 0.3 is 17.8 Å². The van der Waals surface area contributed by atoms with Crippen LogP contribution in [0.15, 0.2) is 29.0 Å². The van der Waals surface area contributed by atoms with Gasteiger partial charge in [0.25, 0.3) is 0 Å².